The van der Waals surface area contributed by atoms with Crippen LogP contribution in [-0.2, 0) is 11.2 Å². The SMILES string of the molecule is CCCNC(Cc1ccc(F)cc1)C1CCOC1CC. The number of rotatable bonds is 7. The second-order valence-electron chi connectivity index (χ2n) is 5.66. The van der Waals surface area contributed by atoms with Crippen LogP contribution in [0.5, 0.6) is 0 Å². The van der Waals surface area contributed by atoms with Gasteiger partial charge in [-0.25, -0.2) is 4.39 Å². The summed E-state index contributed by atoms with van der Waals surface area (Å²) in [5.41, 5.74) is 1.20. The van der Waals surface area contributed by atoms with Gasteiger partial charge in [-0.2, -0.15) is 0 Å². The Hall–Kier alpha value is -0.930. The van der Waals surface area contributed by atoms with Crippen LogP contribution in [0.15, 0.2) is 24.3 Å². The summed E-state index contributed by atoms with van der Waals surface area (Å²) in [5, 5.41) is 3.67. The maximum atomic E-state index is 13.0. The fourth-order valence-electron chi connectivity index (χ4n) is 3.12. The van der Waals surface area contributed by atoms with Crippen LogP contribution in [0.4, 0.5) is 4.39 Å². The summed E-state index contributed by atoms with van der Waals surface area (Å²) < 4.78 is 18.8. The van der Waals surface area contributed by atoms with Crippen LogP contribution >= 0.6 is 0 Å². The van der Waals surface area contributed by atoms with Gasteiger partial charge in [-0.3, -0.25) is 0 Å². The first-order valence-corrected chi connectivity index (χ1v) is 7.84. The van der Waals surface area contributed by atoms with E-state index >= 15 is 0 Å². The molecule has 3 unspecified atom stereocenters. The van der Waals surface area contributed by atoms with Crippen LogP contribution in [0, 0.1) is 11.7 Å². The highest BCUT2D eigenvalue weighted by Gasteiger charge is 2.33. The summed E-state index contributed by atoms with van der Waals surface area (Å²) in [5.74, 6) is 0.402. The number of benzene rings is 1. The summed E-state index contributed by atoms with van der Waals surface area (Å²) >= 11 is 0. The summed E-state index contributed by atoms with van der Waals surface area (Å²) in [6.07, 6.45) is 4.64. The van der Waals surface area contributed by atoms with Crippen molar-refractivity contribution in [3.05, 3.63) is 35.6 Å². The van der Waals surface area contributed by atoms with Crippen molar-refractivity contribution in [3.8, 4) is 0 Å². The Morgan fingerprint density at radius 3 is 2.70 bits per heavy atom. The Morgan fingerprint density at radius 2 is 2.05 bits per heavy atom. The van der Waals surface area contributed by atoms with E-state index in [0.717, 1.165) is 38.8 Å². The lowest BCUT2D eigenvalue weighted by atomic mass is 9.87. The Kier molecular flexibility index (Phi) is 5.99. The van der Waals surface area contributed by atoms with Gasteiger partial charge in [0.25, 0.3) is 0 Å². The van der Waals surface area contributed by atoms with Crippen molar-refractivity contribution in [2.75, 3.05) is 13.2 Å². The van der Waals surface area contributed by atoms with Gasteiger partial charge >= 0.3 is 0 Å². The molecule has 3 heteroatoms. The van der Waals surface area contributed by atoms with Gasteiger partial charge in [0.15, 0.2) is 0 Å². The molecule has 1 aromatic rings. The van der Waals surface area contributed by atoms with Crippen LogP contribution in [0.2, 0.25) is 0 Å². The zero-order chi connectivity index (χ0) is 14.4. The summed E-state index contributed by atoms with van der Waals surface area (Å²) in [4.78, 5) is 0. The van der Waals surface area contributed by atoms with Gasteiger partial charge in [0, 0.05) is 18.6 Å². The Bertz CT molecular complexity index is 392. The van der Waals surface area contributed by atoms with E-state index < -0.39 is 0 Å². The van der Waals surface area contributed by atoms with Crippen LogP contribution in [0.25, 0.3) is 0 Å². The van der Waals surface area contributed by atoms with Crippen LogP contribution in [-0.4, -0.2) is 25.3 Å². The molecular formula is C17H26FNO. The first-order valence-electron chi connectivity index (χ1n) is 7.84. The monoisotopic (exact) mass is 279 g/mol. The van der Waals surface area contributed by atoms with E-state index in [1.165, 1.54) is 5.56 Å². The number of hydrogen-bond donors (Lipinski definition) is 1. The smallest absolute Gasteiger partial charge is 0.123 e. The topological polar surface area (TPSA) is 21.3 Å². The van der Waals surface area contributed by atoms with Crippen LogP contribution in [0.3, 0.4) is 0 Å². The molecule has 3 atom stereocenters. The van der Waals surface area contributed by atoms with E-state index in [1.54, 1.807) is 12.1 Å². The lowest BCUT2D eigenvalue weighted by Crippen LogP contribution is -2.41. The number of hydrogen-bond acceptors (Lipinski definition) is 2. The first-order chi connectivity index (χ1) is 9.74. The fraction of sp³-hybridized carbons (Fsp3) is 0.647. The molecule has 1 fully saturated rings. The van der Waals surface area contributed by atoms with Gasteiger partial charge in [0.1, 0.15) is 5.82 Å². The number of ether oxygens (including phenoxy) is 1. The highest BCUT2D eigenvalue weighted by atomic mass is 19.1. The molecule has 2 rings (SSSR count). The minimum Gasteiger partial charge on any atom is -0.378 e. The van der Waals surface area contributed by atoms with E-state index in [-0.39, 0.29) is 5.82 Å². The second kappa shape index (κ2) is 7.75. The molecule has 2 nitrogen and oxygen atoms in total. The van der Waals surface area contributed by atoms with Crippen molar-refractivity contribution in [2.24, 2.45) is 5.92 Å². The molecule has 1 saturated heterocycles. The number of nitrogens with one attached hydrogen (secondary N) is 1. The first kappa shape index (κ1) is 15.5. The normalized spacial score (nSPS) is 23.9. The van der Waals surface area contributed by atoms with Gasteiger partial charge in [-0.1, -0.05) is 26.0 Å². The molecule has 0 radical (unpaired) electrons. The Balaban J connectivity index is 2.04. The molecule has 0 amide bonds. The van der Waals surface area contributed by atoms with E-state index in [9.17, 15) is 4.39 Å². The minimum atomic E-state index is -0.164. The Morgan fingerprint density at radius 1 is 1.30 bits per heavy atom. The third-order valence-electron chi connectivity index (χ3n) is 4.21. The van der Waals surface area contributed by atoms with Crippen molar-refractivity contribution in [1.29, 1.82) is 0 Å². The van der Waals surface area contributed by atoms with Crippen molar-refractivity contribution < 1.29 is 9.13 Å². The molecule has 1 N–H and O–H groups in total. The summed E-state index contributed by atoms with van der Waals surface area (Å²) in [6, 6.07) is 7.32. The quantitative estimate of drug-likeness (QED) is 0.824. The maximum absolute atomic E-state index is 13.0. The molecule has 1 aromatic carbocycles. The van der Waals surface area contributed by atoms with Crippen molar-refractivity contribution >= 4 is 0 Å². The second-order valence-corrected chi connectivity index (χ2v) is 5.66. The van der Waals surface area contributed by atoms with Crippen LogP contribution < -0.4 is 5.32 Å². The highest BCUT2D eigenvalue weighted by molar-refractivity contribution is 5.17. The van der Waals surface area contributed by atoms with Gasteiger partial charge in [0.05, 0.1) is 6.10 Å². The predicted octanol–water partition coefficient (Wildman–Crippen LogP) is 3.55. The highest BCUT2D eigenvalue weighted by Crippen LogP contribution is 2.28. The van der Waals surface area contributed by atoms with Crippen LogP contribution in [0.1, 0.15) is 38.7 Å². The third-order valence-corrected chi connectivity index (χ3v) is 4.21. The fourth-order valence-corrected chi connectivity index (χ4v) is 3.12. The molecule has 0 spiro atoms. The molecule has 0 bridgehead atoms. The molecule has 112 valence electrons. The van der Waals surface area contributed by atoms with E-state index in [0.29, 0.717) is 18.1 Å². The predicted molar refractivity (Wildman–Crippen MR) is 80.3 cm³/mol. The molecule has 0 aliphatic carbocycles. The zero-order valence-electron chi connectivity index (χ0n) is 12.6. The largest absolute Gasteiger partial charge is 0.378 e. The van der Waals surface area contributed by atoms with Crippen molar-refractivity contribution in [1.82, 2.24) is 5.32 Å². The minimum absolute atomic E-state index is 0.164. The molecule has 0 aromatic heterocycles. The third kappa shape index (κ3) is 4.03. The van der Waals surface area contributed by atoms with Gasteiger partial charge in [-0.05, 0) is 49.9 Å². The van der Waals surface area contributed by atoms with E-state index in [1.807, 2.05) is 12.1 Å². The summed E-state index contributed by atoms with van der Waals surface area (Å²) in [7, 11) is 0. The molecular weight excluding hydrogens is 253 g/mol. The van der Waals surface area contributed by atoms with Crippen molar-refractivity contribution in [3.63, 3.8) is 0 Å². The lowest BCUT2D eigenvalue weighted by molar-refractivity contribution is 0.0774. The van der Waals surface area contributed by atoms with Gasteiger partial charge < -0.3 is 10.1 Å². The zero-order valence-corrected chi connectivity index (χ0v) is 12.6. The molecule has 1 aliphatic heterocycles. The van der Waals surface area contributed by atoms with Crippen molar-refractivity contribution in [2.45, 2.75) is 51.7 Å². The standard InChI is InChI=1S/C17H26FNO/c1-3-10-19-16(15-9-11-20-17(15)4-2)12-13-5-7-14(18)8-6-13/h5-8,15-17,19H,3-4,9-12H2,1-2H3. The summed E-state index contributed by atoms with van der Waals surface area (Å²) in [6.45, 7) is 6.28. The molecule has 1 heterocycles. The van der Waals surface area contributed by atoms with Gasteiger partial charge in [0.2, 0.25) is 0 Å². The van der Waals surface area contributed by atoms with E-state index in [2.05, 4.69) is 19.2 Å². The Labute approximate surface area is 121 Å². The average Bonchev–Trinajstić information content (AvgIpc) is 2.94. The molecule has 0 saturated carbocycles. The van der Waals surface area contributed by atoms with E-state index in [4.69, 9.17) is 4.74 Å². The lowest BCUT2D eigenvalue weighted by Gasteiger charge is -2.28. The maximum Gasteiger partial charge on any atom is 0.123 e. The number of halogens is 1. The molecule has 1 aliphatic rings. The average molecular weight is 279 g/mol. The molecule has 20 heavy (non-hydrogen) atoms. The van der Waals surface area contributed by atoms with Gasteiger partial charge in [-0.15, -0.1) is 0 Å².